The van der Waals surface area contributed by atoms with Crippen molar-refractivity contribution in [3.8, 4) is 5.75 Å². The zero-order valence-electron chi connectivity index (χ0n) is 10.4. The number of ether oxygens (including phenoxy) is 1. The number of benzene rings is 1. The minimum absolute atomic E-state index is 0.508. The van der Waals surface area contributed by atoms with Gasteiger partial charge in [0.15, 0.2) is 0 Å². The predicted octanol–water partition coefficient (Wildman–Crippen LogP) is 4.37. The van der Waals surface area contributed by atoms with Gasteiger partial charge in [0, 0.05) is 10.5 Å². The Bertz CT molecular complexity index is 348. The molecule has 1 aromatic carbocycles. The number of hydrogen-bond donors (Lipinski definition) is 1. The van der Waals surface area contributed by atoms with Gasteiger partial charge in [-0.2, -0.15) is 0 Å². The highest BCUT2D eigenvalue weighted by Gasteiger charge is 2.11. The van der Waals surface area contributed by atoms with Crippen molar-refractivity contribution in [1.29, 1.82) is 0 Å². The van der Waals surface area contributed by atoms with Gasteiger partial charge in [-0.25, -0.2) is 0 Å². The second kappa shape index (κ2) is 6.14. The van der Waals surface area contributed by atoms with Crippen molar-refractivity contribution in [3.05, 3.63) is 22.2 Å². The van der Waals surface area contributed by atoms with Crippen LogP contribution in [-0.4, -0.2) is 13.2 Å². The van der Waals surface area contributed by atoms with Gasteiger partial charge in [0.1, 0.15) is 5.75 Å². The van der Waals surface area contributed by atoms with Gasteiger partial charge >= 0.3 is 0 Å². The number of nitrogens with one attached hydrogen (secondary N) is 1. The molecule has 0 atom stereocenters. The van der Waals surface area contributed by atoms with Crippen LogP contribution in [0, 0.1) is 6.92 Å². The van der Waals surface area contributed by atoms with Crippen molar-refractivity contribution < 1.29 is 4.74 Å². The van der Waals surface area contributed by atoms with Gasteiger partial charge in [-0.15, -0.1) is 0 Å². The Morgan fingerprint density at radius 1 is 1.31 bits per heavy atom. The van der Waals surface area contributed by atoms with E-state index in [4.69, 9.17) is 4.74 Å². The monoisotopic (exact) mass is 285 g/mol. The molecular formula is C13H20BrNO. The van der Waals surface area contributed by atoms with E-state index in [9.17, 15) is 0 Å². The van der Waals surface area contributed by atoms with E-state index >= 15 is 0 Å². The largest absolute Gasteiger partial charge is 0.495 e. The van der Waals surface area contributed by atoms with Gasteiger partial charge in [-0.1, -0.05) is 29.8 Å². The fourth-order valence-electron chi connectivity index (χ4n) is 1.76. The van der Waals surface area contributed by atoms with Crippen molar-refractivity contribution in [3.63, 3.8) is 0 Å². The van der Waals surface area contributed by atoms with E-state index in [1.165, 1.54) is 5.56 Å². The molecule has 0 spiro atoms. The molecule has 0 saturated carbocycles. The maximum Gasteiger partial charge on any atom is 0.143 e. The Morgan fingerprint density at radius 3 is 2.44 bits per heavy atom. The Morgan fingerprint density at radius 2 is 1.94 bits per heavy atom. The van der Waals surface area contributed by atoms with Gasteiger partial charge in [-0.3, -0.25) is 0 Å². The van der Waals surface area contributed by atoms with E-state index in [2.05, 4.69) is 48.1 Å². The van der Waals surface area contributed by atoms with Crippen molar-refractivity contribution in [2.75, 3.05) is 12.4 Å². The first kappa shape index (κ1) is 13.4. The minimum atomic E-state index is 0.508. The third-order valence-electron chi connectivity index (χ3n) is 2.82. The Labute approximate surface area is 107 Å². The first-order chi connectivity index (χ1) is 7.62. The second-order valence-electron chi connectivity index (χ2n) is 3.96. The lowest BCUT2D eigenvalue weighted by molar-refractivity contribution is 0.415. The van der Waals surface area contributed by atoms with Crippen LogP contribution in [0.2, 0.25) is 0 Å². The zero-order chi connectivity index (χ0) is 12.1. The topological polar surface area (TPSA) is 21.3 Å². The molecular weight excluding hydrogens is 266 g/mol. The van der Waals surface area contributed by atoms with Gasteiger partial charge in [0.25, 0.3) is 0 Å². The third-order valence-corrected chi connectivity index (χ3v) is 3.28. The van der Waals surface area contributed by atoms with Crippen LogP contribution >= 0.6 is 15.9 Å². The lowest BCUT2D eigenvalue weighted by Crippen LogP contribution is -2.18. The van der Waals surface area contributed by atoms with E-state index in [-0.39, 0.29) is 0 Å². The molecule has 3 heteroatoms. The average Bonchev–Trinajstić information content (AvgIpc) is 2.27. The Balaban J connectivity index is 3.01. The summed E-state index contributed by atoms with van der Waals surface area (Å²) in [6.45, 7) is 6.49. The van der Waals surface area contributed by atoms with Gasteiger partial charge in [0.2, 0.25) is 0 Å². The summed E-state index contributed by atoms with van der Waals surface area (Å²) in [5.41, 5.74) is 2.32. The Kier molecular flexibility index (Phi) is 5.13. The van der Waals surface area contributed by atoms with Crippen molar-refractivity contribution in [2.24, 2.45) is 0 Å². The lowest BCUT2D eigenvalue weighted by Gasteiger charge is -2.20. The Hall–Kier alpha value is -0.700. The van der Waals surface area contributed by atoms with Crippen molar-refractivity contribution in [2.45, 2.75) is 39.7 Å². The molecule has 0 radical (unpaired) electrons. The molecule has 0 amide bonds. The summed E-state index contributed by atoms with van der Waals surface area (Å²) in [4.78, 5) is 0. The standard InChI is InChI=1S/C13H20BrNO/c1-5-11(6-2)15-13-9(3)7-10(14)8-12(13)16-4/h7-8,11,15H,5-6H2,1-4H3. The molecule has 1 N–H and O–H groups in total. The molecule has 90 valence electrons. The molecule has 0 aromatic heterocycles. The molecule has 16 heavy (non-hydrogen) atoms. The minimum Gasteiger partial charge on any atom is -0.495 e. The SMILES string of the molecule is CCC(CC)Nc1c(C)cc(Br)cc1OC. The number of methoxy groups -OCH3 is 1. The summed E-state index contributed by atoms with van der Waals surface area (Å²) in [5, 5.41) is 3.55. The van der Waals surface area contributed by atoms with Crippen molar-refractivity contribution >= 4 is 21.6 Å². The van der Waals surface area contributed by atoms with Crippen LogP contribution in [0.3, 0.4) is 0 Å². The summed E-state index contributed by atoms with van der Waals surface area (Å²) in [5.74, 6) is 0.902. The summed E-state index contributed by atoms with van der Waals surface area (Å²) in [6.07, 6.45) is 2.24. The van der Waals surface area contributed by atoms with Crippen LogP contribution in [0.5, 0.6) is 5.75 Å². The van der Waals surface area contributed by atoms with Gasteiger partial charge in [0.05, 0.1) is 12.8 Å². The summed E-state index contributed by atoms with van der Waals surface area (Å²) >= 11 is 3.48. The molecule has 1 rings (SSSR count). The quantitative estimate of drug-likeness (QED) is 0.868. The summed E-state index contributed by atoms with van der Waals surface area (Å²) in [7, 11) is 1.71. The molecule has 2 nitrogen and oxygen atoms in total. The first-order valence-electron chi connectivity index (χ1n) is 5.73. The normalized spacial score (nSPS) is 10.6. The highest BCUT2D eigenvalue weighted by atomic mass is 79.9. The number of rotatable bonds is 5. The van der Waals surface area contributed by atoms with Gasteiger partial charge < -0.3 is 10.1 Å². The molecule has 1 aromatic rings. The zero-order valence-corrected chi connectivity index (χ0v) is 12.0. The van der Waals surface area contributed by atoms with E-state index in [1.807, 2.05) is 6.07 Å². The predicted molar refractivity (Wildman–Crippen MR) is 73.4 cm³/mol. The van der Waals surface area contributed by atoms with Crippen LogP contribution < -0.4 is 10.1 Å². The van der Waals surface area contributed by atoms with Crippen LogP contribution in [0.1, 0.15) is 32.3 Å². The van der Waals surface area contributed by atoms with E-state index in [0.717, 1.165) is 28.8 Å². The smallest absolute Gasteiger partial charge is 0.143 e. The number of halogens is 1. The summed E-state index contributed by atoms with van der Waals surface area (Å²) in [6, 6.07) is 4.61. The fraction of sp³-hybridized carbons (Fsp3) is 0.538. The fourth-order valence-corrected chi connectivity index (χ4v) is 2.31. The van der Waals surface area contributed by atoms with Crippen LogP contribution in [0.4, 0.5) is 5.69 Å². The average molecular weight is 286 g/mol. The highest BCUT2D eigenvalue weighted by molar-refractivity contribution is 9.10. The second-order valence-corrected chi connectivity index (χ2v) is 4.87. The van der Waals surface area contributed by atoms with E-state index < -0.39 is 0 Å². The first-order valence-corrected chi connectivity index (χ1v) is 6.52. The molecule has 0 heterocycles. The third kappa shape index (κ3) is 3.14. The summed E-state index contributed by atoms with van der Waals surface area (Å²) < 4.78 is 6.46. The molecule has 0 unspecified atom stereocenters. The number of aryl methyl sites for hydroxylation is 1. The van der Waals surface area contributed by atoms with Crippen LogP contribution in [0.15, 0.2) is 16.6 Å². The molecule has 0 saturated heterocycles. The van der Waals surface area contributed by atoms with Crippen LogP contribution in [0.25, 0.3) is 0 Å². The number of anilines is 1. The van der Waals surface area contributed by atoms with Gasteiger partial charge in [-0.05, 0) is 37.5 Å². The maximum atomic E-state index is 5.40. The molecule has 0 fully saturated rings. The van der Waals surface area contributed by atoms with Crippen LogP contribution in [-0.2, 0) is 0 Å². The van der Waals surface area contributed by atoms with E-state index in [1.54, 1.807) is 7.11 Å². The molecule has 0 aliphatic rings. The lowest BCUT2D eigenvalue weighted by atomic mass is 10.1. The molecule has 0 bridgehead atoms. The highest BCUT2D eigenvalue weighted by Crippen LogP contribution is 2.33. The molecule has 0 aliphatic carbocycles. The molecule has 0 aliphatic heterocycles. The maximum absolute atomic E-state index is 5.40. The number of hydrogen-bond acceptors (Lipinski definition) is 2. The van der Waals surface area contributed by atoms with E-state index in [0.29, 0.717) is 6.04 Å². The van der Waals surface area contributed by atoms with Crippen molar-refractivity contribution in [1.82, 2.24) is 0 Å².